The third-order valence-corrected chi connectivity index (χ3v) is 3.07. The molecule has 0 radical (unpaired) electrons. The zero-order valence-corrected chi connectivity index (χ0v) is 11.3. The molecular formula is C11H9BrClN3O. The molecule has 0 saturated heterocycles. The van der Waals surface area contributed by atoms with Crippen LogP contribution < -0.4 is 0 Å². The zero-order valence-electron chi connectivity index (χ0n) is 8.97. The summed E-state index contributed by atoms with van der Waals surface area (Å²) in [6.07, 6.45) is 0. The Morgan fingerprint density at radius 1 is 1.41 bits per heavy atom. The number of benzene rings is 1. The van der Waals surface area contributed by atoms with Crippen molar-refractivity contribution in [3.05, 3.63) is 45.9 Å². The van der Waals surface area contributed by atoms with E-state index in [4.69, 9.17) is 11.6 Å². The number of carbonyl (C=O) groups excluding carboxylic acids is 1. The van der Waals surface area contributed by atoms with Crippen LogP contribution in [0.2, 0.25) is 5.28 Å². The van der Waals surface area contributed by atoms with E-state index in [2.05, 4.69) is 26.0 Å². The van der Waals surface area contributed by atoms with Crippen LogP contribution in [0.4, 0.5) is 0 Å². The van der Waals surface area contributed by atoms with Gasteiger partial charge < -0.3 is 0 Å². The minimum atomic E-state index is -0.452. The summed E-state index contributed by atoms with van der Waals surface area (Å²) < 4.78 is 1.90. The van der Waals surface area contributed by atoms with Crippen molar-refractivity contribution in [2.45, 2.75) is 13.0 Å². The van der Waals surface area contributed by atoms with Gasteiger partial charge in [-0.2, -0.15) is 4.98 Å². The van der Waals surface area contributed by atoms with Gasteiger partial charge in [-0.25, -0.2) is 4.68 Å². The summed E-state index contributed by atoms with van der Waals surface area (Å²) in [4.78, 5) is 16.0. The molecule has 2 aromatic rings. The molecule has 0 fully saturated rings. The lowest BCUT2D eigenvalue weighted by atomic mass is 10.1. The van der Waals surface area contributed by atoms with Crippen LogP contribution >= 0.6 is 27.5 Å². The summed E-state index contributed by atoms with van der Waals surface area (Å²) >= 11 is 8.89. The summed E-state index contributed by atoms with van der Waals surface area (Å²) in [6.45, 7) is 1.76. The standard InChI is InChI=1S/C11H9BrClN3O/c1-7(16-10(12)14-11(13)15-16)9(17)8-5-3-2-4-6-8/h2-7H,1H3. The van der Waals surface area contributed by atoms with Gasteiger partial charge in [-0.05, 0) is 34.5 Å². The van der Waals surface area contributed by atoms with Crippen molar-refractivity contribution in [2.75, 3.05) is 0 Å². The van der Waals surface area contributed by atoms with E-state index in [1.54, 1.807) is 19.1 Å². The van der Waals surface area contributed by atoms with Crippen molar-refractivity contribution in [1.29, 1.82) is 0 Å². The van der Waals surface area contributed by atoms with Gasteiger partial charge in [-0.3, -0.25) is 4.79 Å². The molecule has 4 nitrogen and oxygen atoms in total. The number of nitrogens with zero attached hydrogens (tertiary/aromatic N) is 3. The van der Waals surface area contributed by atoms with Gasteiger partial charge in [0.15, 0.2) is 10.5 Å². The number of aromatic nitrogens is 3. The highest BCUT2D eigenvalue weighted by molar-refractivity contribution is 9.10. The van der Waals surface area contributed by atoms with E-state index in [-0.39, 0.29) is 11.1 Å². The van der Waals surface area contributed by atoms with Crippen LogP contribution in [0, 0.1) is 0 Å². The third-order valence-electron chi connectivity index (χ3n) is 2.37. The van der Waals surface area contributed by atoms with E-state index < -0.39 is 6.04 Å². The van der Waals surface area contributed by atoms with Gasteiger partial charge in [0.05, 0.1) is 0 Å². The monoisotopic (exact) mass is 313 g/mol. The highest BCUT2D eigenvalue weighted by atomic mass is 79.9. The van der Waals surface area contributed by atoms with Gasteiger partial charge in [0.1, 0.15) is 6.04 Å². The summed E-state index contributed by atoms with van der Waals surface area (Å²) in [7, 11) is 0. The van der Waals surface area contributed by atoms with Gasteiger partial charge >= 0.3 is 0 Å². The van der Waals surface area contributed by atoms with Gasteiger partial charge in [-0.1, -0.05) is 30.3 Å². The molecule has 88 valence electrons. The Morgan fingerprint density at radius 2 is 2.06 bits per heavy atom. The van der Waals surface area contributed by atoms with Crippen LogP contribution in [0.1, 0.15) is 23.3 Å². The minimum Gasteiger partial charge on any atom is -0.292 e. The fraction of sp³-hybridized carbons (Fsp3) is 0.182. The number of Topliss-reactive ketones (excluding diaryl/α,β-unsaturated/α-hetero) is 1. The second-order valence-corrected chi connectivity index (χ2v) is 4.55. The Bertz CT molecular complexity index is 541. The van der Waals surface area contributed by atoms with Crippen molar-refractivity contribution in [1.82, 2.24) is 14.8 Å². The van der Waals surface area contributed by atoms with E-state index in [0.29, 0.717) is 10.3 Å². The van der Waals surface area contributed by atoms with Crippen molar-refractivity contribution in [3.8, 4) is 0 Å². The van der Waals surface area contributed by atoms with Crippen LogP contribution in [0.5, 0.6) is 0 Å². The average Bonchev–Trinajstić information content (AvgIpc) is 2.68. The predicted octanol–water partition coefficient (Wildman–Crippen LogP) is 3.14. The summed E-state index contributed by atoms with van der Waals surface area (Å²) in [5, 5.41) is 4.08. The molecule has 1 atom stereocenters. The van der Waals surface area contributed by atoms with Crippen LogP contribution in [-0.2, 0) is 0 Å². The maximum absolute atomic E-state index is 12.2. The van der Waals surface area contributed by atoms with E-state index in [9.17, 15) is 4.79 Å². The van der Waals surface area contributed by atoms with Gasteiger partial charge in [0.25, 0.3) is 0 Å². The molecule has 17 heavy (non-hydrogen) atoms. The highest BCUT2D eigenvalue weighted by Gasteiger charge is 2.20. The molecule has 0 N–H and O–H groups in total. The first kappa shape index (κ1) is 12.3. The average molecular weight is 315 g/mol. The van der Waals surface area contributed by atoms with Crippen molar-refractivity contribution in [3.63, 3.8) is 0 Å². The minimum absolute atomic E-state index is 0.0344. The first-order valence-corrected chi connectivity index (χ1v) is 6.13. The first-order valence-electron chi connectivity index (χ1n) is 4.96. The Morgan fingerprint density at radius 3 is 2.59 bits per heavy atom. The SMILES string of the molecule is CC(C(=O)c1ccccc1)n1nc(Cl)nc1Br. The van der Waals surface area contributed by atoms with Crippen LogP contribution in [-0.4, -0.2) is 20.5 Å². The fourth-order valence-corrected chi connectivity index (χ4v) is 2.30. The number of hydrogen-bond acceptors (Lipinski definition) is 3. The Balaban J connectivity index is 2.30. The lowest BCUT2D eigenvalue weighted by molar-refractivity contribution is 0.0926. The number of carbonyl (C=O) groups is 1. The van der Waals surface area contributed by atoms with Gasteiger partial charge in [0.2, 0.25) is 5.28 Å². The lowest BCUT2D eigenvalue weighted by Gasteiger charge is -2.11. The number of hydrogen-bond donors (Lipinski definition) is 0. The molecule has 1 heterocycles. The normalized spacial score (nSPS) is 12.4. The van der Waals surface area contributed by atoms with E-state index in [1.165, 1.54) is 4.68 Å². The Labute approximate surface area is 112 Å². The second kappa shape index (κ2) is 4.98. The molecule has 1 unspecified atom stereocenters. The number of rotatable bonds is 3. The number of halogens is 2. The van der Waals surface area contributed by atoms with Crippen molar-refractivity contribution >= 4 is 33.3 Å². The van der Waals surface area contributed by atoms with Gasteiger partial charge in [-0.15, -0.1) is 5.10 Å². The quantitative estimate of drug-likeness (QED) is 0.818. The molecule has 1 aromatic heterocycles. The summed E-state index contributed by atoms with van der Waals surface area (Å²) in [6, 6.07) is 8.60. The highest BCUT2D eigenvalue weighted by Crippen LogP contribution is 2.19. The molecule has 0 spiro atoms. The zero-order chi connectivity index (χ0) is 12.4. The molecule has 0 aliphatic rings. The second-order valence-electron chi connectivity index (χ2n) is 3.50. The first-order chi connectivity index (χ1) is 8.09. The largest absolute Gasteiger partial charge is 0.292 e. The smallest absolute Gasteiger partial charge is 0.243 e. The van der Waals surface area contributed by atoms with Crippen molar-refractivity contribution < 1.29 is 4.79 Å². The maximum atomic E-state index is 12.2. The van der Waals surface area contributed by atoms with Crippen LogP contribution in [0.3, 0.4) is 0 Å². The molecular weight excluding hydrogens is 305 g/mol. The summed E-state index contributed by atoms with van der Waals surface area (Å²) in [5.41, 5.74) is 0.638. The third kappa shape index (κ3) is 2.56. The number of ketones is 1. The van der Waals surface area contributed by atoms with E-state index in [0.717, 1.165) is 0 Å². The van der Waals surface area contributed by atoms with Gasteiger partial charge in [0, 0.05) is 5.56 Å². The molecule has 0 bridgehead atoms. The molecule has 6 heteroatoms. The van der Waals surface area contributed by atoms with E-state index in [1.807, 2.05) is 18.2 Å². The molecule has 0 saturated carbocycles. The topological polar surface area (TPSA) is 47.8 Å². The van der Waals surface area contributed by atoms with Crippen LogP contribution in [0.25, 0.3) is 0 Å². The molecule has 0 aliphatic heterocycles. The fourth-order valence-electron chi connectivity index (χ4n) is 1.48. The molecule has 0 amide bonds. The summed E-state index contributed by atoms with van der Waals surface area (Å²) in [5.74, 6) is -0.0344. The molecule has 2 rings (SSSR count). The maximum Gasteiger partial charge on any atom is 0.243 e. The van der Waals surface area contributed by atoms with E-state index >= 15 is 0 Å². The molecule has 1 aromatic carbocycles. The van der Waals surface area contributed by atoms with Crippen molar-refractivity contribution in [2.24, 2.45) is 0 Å². The predicted molar refractivity (Wildman–Crippen MR) is 68.2 cm³/mol. The lowest BCUT2D eigenvalue weighted by Crippen LogP contribution is -2.18. The van der Waals surface area contributed by atoms with Crippen LogP contribution in [0.15, 0.2) is 35.1 Å². The Hall–Kier alpha value is -1.20. The molecule has 0 aliphatic carbocycles. The Kier molecular flexibility index (Phi) is 3.59.